The fourth-order valence-corrected chi connectivity index (χ4v) is 3.03. The maximum Gasteiger partial charge on any atom is 0.271 e. The van der Waals surface area contributed by atoms with Crippen LogP contribution in [0.2, 0.25) is 0 Å². The standard InChI is InChI=1S/C25H20FN3O4/c1-32-22-12-2-17(3-13-22)16-33-23-14-15-24(30)29(28-23)21-10-4-18(5-11-21)25(31)27-20-8-6-19(26)7-9-20/h2-15H,16H2,1H3,(H,27,31). The Balaban J connectivity index is 1.46. The molecule has 0 bridgehead atoms. The quantitative estimate of drug-likeness (QED) is 0.461. The number of hydrogen-bond acceptors (Lipinski definition) is 5. The van der Waals surface area contributed by atoms with Crippen LogP contribution >= 0.6 is 0 Å². The SMILES string of the molecule is COc1ccc(COc2ccc(=O)n(-c3ccc(C(=O)Nc4ccc(F)cc4)cc3)n2)cc1. The van der Waals surface area contributed by atoms with Crippen LogP contribution in [0, 0.1) is 5.82 Å². The fourth-order valence-electron chi connectivity index (χ4n) is 3.03. The number of rotatable bonds is 7. The van der Waals surface area contributed by atoms with Crippen molar-refractivity contribution >= 4 is 11.6 Å². The summed E-state index contributed by atoms with van der Waals surface area (Å²) in [7, 11) is 1.60. The topological polar surface area (TPSA) is 82.5 Å². The molecule has 0 saturated heterocycles. The number of benzene rings is 3. The first-order chi connectivity index (χ1) is 16.0. The Bertz CT molecular complexity index is 1300. The summed E-state index contributed by atoms with van der Waals surface area (Å²) < 4.78 is 25.1. The lowest BCUT2D eigenvalue weighted by Crippen LogP contribution is -2.20. The van der Waals surface area contributed by atoms with Crippen molar-refractivity contribution in [1.82, 2.24) is 9.78 Å². The molecule has 0 radical (unpaired) electrons. The van der Waals surface area contributed by atoms with Gasteiger partial charge in [0.2, 0.25) is 5.88 Å². The van der Waals surface area contributed by atoms with E-state index in [9.17, 15) is 14.0 Å². The van der Waals surface area contributed by atoms with Crippen molar-refractivity contribution in [2.75, 3.05) is 12.4 Å². The summed E-state index contributed by atoms with van der Waals surface area (Å²) in [6, 6.07) is 22.2. The Kier molecular flexibility index (Phi) is 6.45. The van der Waals surface area contributed by atoms with Crippen molar-refractivity contribution in [2.45, 2.75) is 6.61 Å². The molecule has 1 amide bonds. The molecule has 0 aliphatic rings. The summed E-state index contributed by atoms with van der Waals surface area (Å²) in [6.45, 7) is 0.275. The van der Waals surface area contributed by atoms with E-state index in [2.05, 4.69) is 10.4 Å². The molecule has 8 heteroatoms. The van der Waals surface area contributed by atoms with Gasteiger partial charge in [0.25, 0.3) is 11.5 Å². The number of ether oxygens (including phenoxy) is 2. The second-order valence-electron chi connectivity index (χ2n) is 7.07. The van der Waals surface area contributed by atoms with E-state index < -0.39 is 0 Å². The molecular weight excluding hydrogens is 425 g/mol. The van der Waals surface area contributed by atoms with Gasteiger partial charge in [-0.05, 0) is 66.2 Å². The number of carbonyl (C=O) groups excluding carboxylic acids is 1. The minimum atomic E-state index is -0.384. The molecule has 1 heterocycles. The highest BCUT2D eigenvalue weighted by molar-refractivity contribution is 6.04. The summed E-state index contributed by atoms with van der Waals surface area (Å²) in [4.78, 5) is 24.7. The summed E-state index contributed by atoms with van der Waals surface area (Å²) in [6.07, 6.45) is 0. The molecule has 4 aromatic rings. The molecule has 0 spiro atoms. The molecule has 1 N–H and O–H groups in total. The van der Waals surface area contributed by atoms with Gasteiger partial charge in [-0.15, -0.1) is 5.10 Å². The molecule has 166 valence electrons. The zero-order valence-electron chi connectivity index (χ0n) is 17.7. The maximum absolute atomic E-state index is 13.0. The molecule has 7 nitrogen and oxygen atoms in total. The van der Waals surface area contributed by atoms with E-state index in [4.69, 9.17) is 9.47 Å². The molecular formula is C25H20FN3O4. The van der Waals surface area contributed by atoms with Crippen LogP contribution in [-0.2, 0) is 6.61 Å². The number of anilines is 1. The number of carbonyl (C=O) groups is 1. The van der Waals surface area contributed by atoms with E-state index in [1.165, 1.54) is 41.1 Å². The summed E-state index contributed by atoms with van der Waals surface area (Å²) in [5.41, 5.74) is 1.92. The van der Waals surface area contributed by atoms with Crippen LogP contribution < -0.4 is 20.3 Å². The largest absolute Gasteiger partial charge is 0.497 e. The molecule has 0 fully saturated rings. The van der Waals surface area contributed by atoms with Crippen molar-refractivity contribution in [3.8, 4) is 17.3 Å². The zero-order valence-corrected chi connectivity index (χ0v) is 17.7. The normalized spacial score (nSPS) is 10.5. The maximum atomic E-state index is 13.0. The average molecular weight is 445 g/mol. The van der Waals surface area contributed by atoms with Gasteiger partial charge in [-0.3, -0.25) is 9.59 Å². The third-order valence-corrected chi connectivity index (χ3v) is 4.80. The van der Waals surface area contributed by atoms with E-state index in [0.29, 0.717) is 16.9 Å². The van der Waals surface area contributed by atoms with Crippen molar-refractivity contribution in [3.63, 3.8) is 0 Å². The molecule has 4 rings (SSSR count). The van der Waals surface area contributed by atoms with Crippen LogP contribution in [0.4, 0.5) is 10.1 Å². The van der Waals surface area contributed by atoms with Crippen LogP contribution in [-0.4, -0.2) is 22.8 Å². The Morgan fingerprint density at radius 2 is 1.64 bits per heavy atom. The van der Waals surface area contributed by atoms with Gasteiger partial charge in [-0.25, -0.2) is 4.39 Å². The van der Waals surface area contributed by atoms with E-state index in [1.54, 1.807) is 31.4 Å². The van der Waals surface area contributed by atoms with Crippen LogP contribution in [0.15, 0.2) is 89.7 Å². The first-order valence-electron chi connectivity index (χ1n) is 10.1. The molecule has 0 aliphatic carbocycles. The number of aromatic nitrogens is 2. The fraction of sp³-hybridized carbons (Fsp3) is 0.0800. The minimum Gasteiger partial charge on any atom is -0.497 e. The number of nitrogens with one attached hydrogen (secondary N) is 1. The van der Waals surface area contributed by atoms with Gasteiger partial charge in [0.1, 0.15) is 18.2 Å². The number of amides is 1. The summed E-state index contributed by atoms with van der Waals surface area (Å²) in [5, 5.41) is 6.95. The Morgan fingerprint density at radius 1 is 0.939 bits per heavy atom. The highest BCUT2D eigenvalue weighted by Crippen LogP contribution is 2.15. The van der Waals surface area contributed by atoms with Gasteiger partial charge in [-0.2, -0.15) is 4.68 Å². The molecule has 0 unspecified atom stereocenters. The minimum absolute atomic E-state index is 0.275. The Hall–Kier alpha value is -4.46. The predicted octanol–water partition coefficient (Wildman–Crippen LogP) is 4.21. The monoisotopic (exact) mass is 445 g/mol. The molecule has 33 heavy (non-hydrogen) atoms. The Labute approximate surface area is 189 Å². The zero-order chi connectivity index (χ0) is 23.2. The predicted molar refractivity (Wildman–Crippen MR) is 122 cm³/mol. The average Bonchev–Trinajstić information content (AvgIpc) is 2.85. The van der Waals surface area contributed by atoms with Crippen LogP contribution in [0.3, 0.4) is 0 Å². The second-order valence-corrected chi connectivity index (χ2v) is 7.07. The van der Waals surface area contributed by atoms with Gasteiger partial charge in [0.15, 0.2) is 0 Å². The smallest absolute Gasteiger partial charge is 0.271 e. The third-order valence-electron chi connectivity index (χ3n) is 4.80. The molecule has 0 aliphatic heterocycles. The first-order valence-corrected chi connectivity index (χ1v) is 10.1. The van der Waals surface area contributed by atoms with Gasteiger partial charge in [0.05, 0.1) is 12.8 Å². The van der Waals surface area contributed by atoms with Gasteiger partial charge in [-0.1, -0.05) is 12.1 Å². The molecule has 0 saturated carbocycles. The van der Waals surface area contributed by atoms with Crippen molar-refractivity contribution in [3.05, 3.63) is 112 Å². The Morgan fingerprint density at radius 3 is 2.30 bits per heavy atom. The third kappa shape index (κ3) is 5.43. The number of hydrogen-bond donors (Lipinski definition) is 1. The van der Waals surface area contributed by atoms with E-state index in [1.807, 2.05) is 24.3 Å². The van der Waals surface area contributed by atoms with Crippen LogP contribution in [0.1, 0.15) is 15.9 Å². The van der Waals surface area contributed by atoms with E-state index in [0.717, 1.165) is 11.3 Å². The highest BCUT2D eigenvalue weighted by atomic mass is 19.1. The first kappa shape index (κ1) is 21.8. The van der Waals surface area contributed by atoms with Gasteiger partial charge in [0, 0.05) is 23.4 Å². The molecule has 0 atom stereocenters. The second kappa shape index (κ2) is 9.78. The van der Waals surface area contributed by atoms with Crippen LogP contribution in [0.5, 0.6) is 11.6 Å². The van der Waals surface area contributed by atoms with Gasteiger partial charge < -0.3 is 14.8 Å². The van der Waals surface area contributed by atoms with Gasteiger partial charge >= 0.3 is 0 Å². The summed E-state index contributed by atoms with van der Waals surface area (Å²) >= 11 is 0. The lowest BCUT2D eigenvalue weighted by molar-refractivity contribution is 0.102. The van der Waals surface area contributed by atoms with Crippen LogP contribution in [0.25, 0.3) is 5.69 Å². The molecule has 1 aromatic heterocycles. The summed E-state index contributed by atoms with van der Waals surface area (Å²) in [5.74, 6) is 0.291. The van der Waals surface area contributed by atoms with Crippen molar-refractivity contribution in [2.24, 2.45) is 0 Å². The van der Waals surface area contributed by atoms with E-state index in [-0.39, 0.29) is 29.8 Å². The number of methoxy groups -OCH3 is 1. The lowest BCUT2D eigenvalue weighted by Gasteiger charge is -2.10. The van der Waals surface area contributed by atoms with E-state index >= 15 is 0 Å². The number of halogens is 1. The number of nitrogens with zero attached hydrogens (tertiary/aromatic N) is 2. The van der Waals surface area contributed by atoms with Crippen molar-refractivity contribution in [1.29, 1.82) is 0 Å². The molecule has 3 aromatic carbocycles. The van der Waals surface area contributed by atoms with Crippen molar-refractivity contribution < 1.29 is 18.7 Å². The highest BCUT2D eigenvalue weighted by Gasteiger charge is 2.09. The lowest BCUT2D eigenvalue weighted by atomic mass is 10.2.